The van der Waals surface area contributed by atoms with Crippen LogP contribution in [0.25, 0.3) is 0 Å². The second-order valence-corrected chi connectivity index (χ2v) is 4.83. The van der Waals surface area contributed by atoms with Crippen LogP contribution in [0.3, 0.4) is 0 Å². The highest BCUT2D eigenvalue weighted by molar-refractivity contribution is 5.81. The van der Waals surface area contributed by atoms with Gasteiger partial charge >= 0.3 is 6.18 Å². The molecule has 0 aliphatic heterocycles. The number of aliphatic hydroxyl groups excluding tert-OH is 1. The molecule has 0 saturated carbocycles. The zero-order valence-corrected chi connectivity index (χ0v) is 11.6. The number of aliphatic hydroxyl groups is 1. The molecule has 0 fully saturated rings. The van der Waals surface area contributed by atoms with Gasteiger partial charge in [-0.2, -0.15) is 18.3 Å². The summed E-state index contributed by atoms with van der Waals surface area (Å²) in [5, 5.41) is 16.3. The van der Waals surface area contributed by atoms with E-state index in [0.717, 1.165) is 18.2 Å². The average molecular weight is 313 g/mol. The zero-order valence-electron chi connectivity index (χ0n) is 11.6. The van der Waals surface area contributed by atoms with E-state index in [0.29, 0.717) is 5.56 Å². The number of nitrogens with one attached hydrogen (secondary N) is 1. The number of hydrogen-bond acceptors (Lipinski definition) is 3. The van der Waals surface area contributed by atoms with Crippen molar-refractivity contribution in [3.63, 3.8) is 0 Å². The molecule has 5 nitrogen and oxygen atoms in total. The first kappa shape index (κ1) is 16.0. The summed E-state index contributed by atoms with van der Waals surface area (Å²) in [6, 6.07) is 4.10. The zero-order chi connectivity index (χ0) is 16.3. The number of rotatable bonds is 4. The van der Waals surface area contributed by atoms with Crippen molar-refractivity contribution in [1.82, 2.24) is 15.1 Å². The van der Waals surface area contributed by atoms with Gasteiger partial charge in [-0.1, -0.05) is 12.1 Å². The van der Waals surface area contributed by atoms with Crippen molar-refractivity contribution < 1.29 is 23.1 Å². The predicted octanol–water partition coefficient (Wildman–Crippen LogP) is 2.12. The first-order chi connectivity index (χ1) is 10.3. The van der Waals surface area contributed by atoms with E-state index < -0.39 is 23.8 Å². The van der Waals surface area contributed by atoms with Crippen LogP contribution in [0.1, 0.15) is 22.8 Å². The average Bonchev–Trinajstić information content (AvgIpc) is 2.97. The van der Waals surface area contributed by atoms with E-state index in [2.05, 4.69) is 10.2 Å². The molecule has 2 aromatic rings. The Morgan fingerprint density at radius 2 is 2.18 bits per heavy atom. The van der Waals surface area contributed by atoms with Crippen LogP contribution < -0.4 is 0 Å². The highest BCUT2D eigenvalue weighted by Gasteiger charge is 2.32. The number of carbonyl (C=O) groups excluding carboxylic acids is 1. The minimum absolute atomic E-state index is 0.0983. The SMILES string of the molecule is CN(Cc1cn[nH]c1)C(=O)C(O)c1cccc(C(F)(F)F)c1. The largest absolute Gasteiger partial charge is 0.416 e. The molecular weight excluding hydrogens is 299 g/mol. The Kier molecular flexibility index (Phi) is 4.51. The van der Waals surface area contributed by atoms with Gasteiger partial charge in [-0.3, -0.25) is 9.89 Å². The van der Waals surface area contributed by atoms with Gasteiger partial charge < -0.3 is 10.0 Å². The number of hydrogen-bond donors (Lipinski definition) is 2. The third-order valence-electron chi connectivity index (χ3n) is 3.11. The van der Waals surface area contributed by atoms with Gasteiger partial charge in [-0.15, -0.1) is 0 Å². The third-order valence-corrected chi connectivity index (χ3v) is 3.11. The van der Waals surface area contributed by atoms with Crippen LogP contribution >= 0.6 is 0 Å². The fraction of sp³-hybridized carbons (Fsp3) is 0.286. The number of aromatic nitrogens is 2. The lowest BCUT2D eigenvalue weighted by atomic mass is 10.0. The Hall–Kier alpha value is -2.35. The lowest BCUT2D eigenvalue weighted by molar-refractivity contribution is -0.141. The maximum Gasteiger partial charge on any atom is 0.416 e. The van der Waals surface area contributed by atoms with Gasteiger partial charge in [-0.25, -0.2) is 0 Å². The number of aromatic amines is 1. The van der Waals surface area contributed by atoms with Gasteiger partial charge in [0.15, 0.2) is 6.10 Å². The summed E-state index contributed by atoms with van der Waals surface area (Å²) >= 11 is 0. The molecule has 1 heterocycles. The van der Waals surface area contributed by atoms with Gasteiger partial charge in [0, 0.05) is 25.4 Å². The molecule has 8 heteroatoms. The Morgan fingerprint density at radius 1 is 1.45 bits per heavy atom. The van der Waals surface area contributed by atoms with Crippen molar-refractivity contribution in [2.24, 2.45) is 0 Å². The van der Waals surface area contributed by atoms with E-state index in [1.54, 1.807) is 6.20 Å². The molecule has 2 N–H and O–H groups in total. The maximum atomic E-state index is 12.7. The number of carbonyl (C=O) groups is 1. The summed E-state index contributed by atoms with van der Waals surface area (Å²) in [6.45, 7) is 0.186. The van der Waals surface area contributed by atoms with E-state index in [1.807, 2.05) is 0 Å². The molecule has 2 rings (SSSR count). The van der Waals surface area contributed by atoms with Crippen molar-refractivity contribution in [2.45, 2.75) is 18.8 Å². The Labute approximate surface area is 124 Å². The minimum atomic E-state index is -4.53. The molecule has 0 spiro atoms. The molecule has 1 amide bonds. The predicted molar refractivity (Wildman–Crippen MR) is 71.5 cm³/mol. The van der Waals surface area contributed by atoms with E-state index in [4.69, 9.17) is 0 Å². The topological polar surface area (TPSA) is 69.2 Å². The summed E-state index contributed by atoms with van der Waals surface area (Å²) in [5.41, 5.74) is -0.291. The van der Waals surface area contributed by atoms with E-state index >= 15 is 0 Å². The maximum absolute atomic E-state index is 12.7. The monoisotopic (exact) mass is 313 g/mol. The molecule has 1 aromatic heterocycles. The molecule has 1 unspecified atom stereocenters. The number of nitrogens with zero attached hydrogens (tertiary/aromatic N) is 2. The minimum Gasteiger partial charge on any atom is -0.378 e. The number of benzene rings is 1. The molecule has 0 bridgehead atoms. The number of H-pyrrole nitrogens is 1. The van der Waals surface area contributed by atoms with Gasteiger partial charge in [0.1, 0.15) is 0 Å². The smallest absolute Gasteiger partial charge is 0.378 e. The quantitative estimate of drug-likeness (QED) is 0.908. The van der Waals surface area contributed by atoms with Crippen LogP contribution in [0.4, 0.5) is 13.2 Å². The molecule has 0 aliphatic rings. The summed E-state index contributed by atoms with van der Waals surface area (Å²) < 4.78 is 38.0. The number of halogens is 3. The third kappa shape index (κ3) is 3.64. The van der Waals surface area contributed by atoms with Crippen LogP contribution in [0.2, 0.25) is 0 Å². The first-order valence-corrected chi connectivity index (χ1v) is 6.37. The Morgan fingerprint density at radius 3 is 2.77 bits per heavy atom. The Balaban J connectivity index is 2.13. The molecular formula is C14H14F3N3O2. The van der Waals surface area contributed by atoms with Gasteiger partial charge in [-0.05, 0) is 17.7 Å². The van der Waals surface area contributed by atoms with E-state index in [9.17, 15) is 23.1 Å². The summed E-state index contributed by atoms with van der Waals surface area (Å²) in [4.78, 5) is 13.3. The number of alkyl halides is 3. The van der Waals surface area contributed by atoms with Crippen LogP contribution in [0.15, 0.2) is 36.7 Å². The molecule has 0 radical (unpaired) electrons. The number of likely N-dealkylation sites (N-methyl/N-ethyl adjacent to an activating group) is 1. The van der Waals surface area contributed by atoms with Crippen molar-refractivity contribution in [3.8, 4) is 0 Å². The van der Waals surface area contributed by atoms with Crippen molar-refractivity contribution in [1.29, 1.82) is 0 Å². The standard InChI is InChI=1S/C14H14F3N3O2/c1-20(8-9-6-18-19-7-9)13(22)12(21)10-3-2-4-11(5-10)14(15,16)17/h2-7,12,21H,8H2,1H3,(H,18,19). The van der Waals surface area contributed by atoms with Gasteiger partial charge in [0.05, 0.1) is 11.8 Å². The highest BCUT2D eigenvalue weighted by Crippen LogP contribution is 2.31. The van der Waals surface area contributed by atoms with Gasteiger partial charge in [0.2, 0.25) is 0 Å². The van der Waals surface area contributed by atoms with Crippen LogP contribution in [-0.4, -0.2) is 33.2 Å². The molecule has 0 aliphatic carbocycles. The molecule has 1 aromatic carbocycles. The van der Waals surface area contributed by atoms with Crippen LogP contribution in [0, 0.1) is 0 Å². The second-order valence-electron chi connectivity index (χ2n) is 4.83. The molecule has 1 atom stereocenters. The molecule has 118 valence electrons. The lowest BCUT2D eigenvalue weighted by Crippen LogP contribution is -2.31. The van der Waals surface area contributed by atoms with Crippen molar-refractivity contribution in [3.05, 3.63) is 53.3 Å². The van der Waals surface area contributed by atoms with Crippen molar-refractivity contribution >= 4 is 5.91 Å². The van der Waals surface area contributed by atoms with Crippen LogP contribution in [0.5, 0.6) is 0 Å². The Bertz CT molecular complexity index is 641. The fourth-order valence-corrected chi connectivity index (χ4v) is 1.95. The van der Waals surface area contributed by atoms with E-state index in [-0.39, 0.29) is 12.1 Å². The molecule has 22 heavy (non-hydrogen) atoms. The van der Waals surface area contributed by atoms with Crippen LogP contribution in [-0.2, 0) is 17.5 Å². The normalized spacial score (nSPS) is 13.0. The van der Waals surface area contributed by atoms with E-state index in [1.165, 1.54) is 24.2 Å². The summed E-state index contributed by atoms with van der Waals surface area (Å²) in [6.07, 6.45) is -3.08. The lowest BCUT2D eigenvalue weighted by Gasteiger charge is -2.20. The van der Waals surface area contributed by atoms with Crippen molar-refractivity contribution in [2.75, 3.05) is 7.05 Å². The summed E-state index contributed by atoms with van der Waals surface area (Å²) in [7, 11) is 1.45. The number of amides is 1. The first-order valence-electron chi connectivity index (χ1n) is 6.37. The van der Waals surface area contributed by atoms with Gasteiger partial charge in [0.25, 0.3) is 5.91 Å². The molecule has 0 saturated heterocycles. The summed E-state index contributed by atoms with van der Waals surface area (Å²) in [5.74, 6) is -0.694. The highest BCUT2D eigenvalue weighted by atomic mass is 19.4. The fourth-order valence-electron chi connectivity index (χ4n) is 1.95. The second kappa shape index (κ2) is 6.18.